The molecule has 1 heterocycles. The number of nitro groups is 1. The van der Waals surface area contributed by atoms with Gasteiger partial charge in [-0.1, -0.05) is 12.1 Å². The van der Waals surface area contributed by atoms with E-state index in [2.05, 4.69) is 4.74 Å². The van der Waals surface area contributed by atoms with Gasteiger partial charge in [0.15, 0.2) is 0 Å². The number of carbonyl (C=O) groups is 2. The summed E-state index contributed by atoms with van der Waals surface area (Å²) < 4.78 is 4.59. The van der Waals surface area contributed by atoms with E-state index < -0.39 is 17.1 Å². The lowest BCUT2D eigenvalue weighted by Gasteiger charge is -2.27. The quantitative estimate of drug-likeness (QED) is 0.505. The number of nitro benzene ring substituents is 1. The van der Waals surface area contributed by atoms with Crippen molar-refractivity contribution in [3.63, 3.8) is 0 Å². The van der Waals surface area contributed by atoms with E-state index in [1.54, 1.807) is 4.90 Å². The summed E-state index contributed by atoms with van der Waals surface area (Å²) >= 11 is 0. The summed E-state index contributed by atoms with van der Waals surface area (Å²) in [5, 5.41) is 19.3. The standard InChI is InChI=1S/C13H14N2O6/c16-12-2-1-7-14(12)11(8-21-13(17)18)9-3-5-10(6-4-9)15(19)20/h3-6,11H,1-2,7-8H2,(H,17,18). The van der Waals surface area contributed by atoms with Gasteiger partial charge in [0.2, 0.25) is 5.91 Å². The lowest BCUT2D eigenvalue weighted by molar-refractivity contribution is -0.384. The summed E-state index contributed by atoms with van der Waals surface area (Å²) in [6.07, 6.45) is -0.306. The highest BCUT2D eigenvalue weighted by molar-refractivity contribution is 5.78. The molecule has 0 bridgehead atoms. The molecule has 21 heavy (non-hydrogen) atoms. The summed E-state index contributed by atoms with van der Waals surface area (Å²) in [6, 6.07) is 5.11. The molecule has 1 unspecified atom stereocenters. The van der Waals surface area contributed by atoms with Gasteiger partial charge in [-0.2, -0.15) is 0 Å². The van der Waals surface area contributed by atoms with Crippen LogP contribution in [0.1, 0.15) is 24.4 Å². The van der Waals surface area contributed by atoms with Gasteiger partial charge in [-0.25, -0.2) is 4.79 Å². The normalized spacial score (nSPS) is 15.8. The summed E-state index contributed by atoms with van der Waals surface area (Å²) in [7, 11) is 0. The highest BCUT2D eigenvalue weighted by Crippen LogP contribution is 2.27. The monoisotopic (exact) mass is 294 g/mol. The maximum absolute atomic E-state index is 11.8. The molecule has 1 aromatic carbocycles. The Kier molecular flexibility index (Phi) is 4.36. The average Bonchev–Trinajstić information content (AvgIpc) is 2.86. The molecule has 0 radical (unpaired) electrons. The number of rotatable bonds is 5. The van der Waals surface area contributed by atoms with Gasteiger partial charge in [0, 0.05) is 25.1 Å². The van der Waals surface area contributed by atoms with Crippen LogP contribution in [0.3, 0.4) is 0 Å². The molecule has 1 N–H and O–H groups in total. The zero-order chi connectivity index (χ0) is 15.4. The third kappa shape index (κ3) is 3.47. The van der Waals surface area contributed by atoms with E-state index in [1.807, 2.05) is 0 Å². The van der Waals surface area contributed by atoms with E-state index in [0.717, 1.165) is 0 Å². The number of hydrogen-bond acceptors (Lipinski definition) is 5. The fourth-order valence-corrected chi connectivity index (χ4v) is 2.33. The van der Waals surface area contributed by atoms with Crippen LogP contribution < -0.4 is 0 Å². The number of ether oxygens (including phenoxy) is 1. The first-order chi connectivity index (χ1) is 9.99. The zero-order valence-electron chi connectivity index (χ0n) is 11.1. The van der Waals surface area contributed by atoms with E-state index in [4.69, 9.17) is 5.11 Å². The molecule has 1 atom stereocenters. The molecule has 1 fully saturated rings. The first kappa shape index (κ1) is 14.8. The predicted molar refractivity (Wildman–Crippen MR) is 70.8 cm³/mol. The number of carboxylic acid groups (broad SMARTS) is 1. The van der Waals surface area contributed by atoms with Crippen LogP contribution in [0, 0.1) is 10.1 Å². The van der Waals surface area contributed by atoms with Crippen molar-refractivity contribution in [3.05, 3.63) is 39.9 Å². The van der Waals surface area contributed by atoms with Crippen molar-refractivity contribution >= 4 is 17.7 Å². The first-order valence-electron chi connectivity index (χ1n) is 6.38. The zero-order valence-corrected chi connectivity index (χ0v) is 11.1. The van der Waals surface area contributed by atoms with Crippen molar-refractivity contribution in [2.75, 3.05) is 13.2 Å². The van der Waals surface area contributed by atoms with Crippen LogP contribution >= 0.6 is 0 Å². The van der Waals surface area contributed by atoms with Gasteiger partial charge >= 0.3 is 6.16 Å². The number of hydrogen-bond donors (Lipinski definition) is 1. The second-order valence-corrected chi connectivity index (χ2v) is 4.63. The van der Waals surface area contributed by atoms with Crippen LogP contribution in [-0.4, -0.2) is 40.1 Å². The van der Waals surface area contributed by atoms with Gasteiger partial charge in [0.25, 0.3) is 5.69 Å². The highest BCUT2D eigenvalue weighted by Gasteiger charge is 2.30. The van der Waals surface area contributed by atoms with E-state index >= 15 is 0 Å². The van der Waals surface area contributed by atoms with Crippen LogP contribution in [0.5, 0.6) is 0 Å². The highest BCUT2D eigenvalue weighted by atomic mass is 16.7. The lowest BCUT2D eigenvalue weighted by Crippen LogP contribution is -2.33. The average molecular weight is 294 g/mol. The van der Waals surface area contributed by atoms with Crippen LogP contribution in [0.15, 0.2) is 24.3 Å². The molecule has 1 aliphatic heterocycles. The predicted octanol–water partition coefficient (Wildman–Crippen LogP) is 1.95. The van der Waals surface area contributed by atoms with Crippen molar-refractivity contribution in [3.8, 4) is 0 Å². The van der Waals surface area contributed by atoms with Gasteiger partial charge in [-0.15, -0.1) is 0 Å². The molecule has 0 aromatic heterocycles. The number of non-ortho nitro benzene ring substituents is 1. The number of carbonyl (C=O) groups excluding carboxylic acids is 1. The van der Waals surface area contributed by atoms with Crippen LogP contribution in [0.4, 0.5) is 10.5 Å². The summed E-state index contributed by atoms with van der Waals surface area (Å²) in [5.41, 5.74) is 0.543. The van der Waals surface area contributed by atoms with Crippen molar-refractivity contribution in [2.45, 2.75) is 18.9 Å². The number of amides is 1. The maximum Gasteiger partial charge on any atom is 0.505 e. The second-order valence-electron chi connectivity index (χ2n) is 4.63. The molecule has 0 spiro atoms. The maximum atomic E-state index is 11.8. The SMILES string of the molecule is O=C(O)OCC(c1ccc([N+](=O)[O-])cc1)N1CCCC1=O. The van der Waals surface area contributed by atoms with Gasteiger partial charge in [0.05, 0.1) is 11.0 Å². The molecule has 2 rings (SSSR count). The van der Waals surface area contributed by atoms with Gasteiger partial charge in [0.1, 0.15) is 6.61 Å². The molecule has 1 aromatic rings. The lowest BCUT2D eigenvalue weighted by atomic mass is 10.1. The van der Waals surface area contributed by atoms with E-state index in [-0.39, 0.29) is 18.2 Å². The molecule has 0 aliphatic carbocycles. The minimum absolute atomic E-state index is 0.0654. The molecule has 1 saturated heterocycles. The van der Waals surface area contributed by atoms with Gasteiger partial charge in [-0.3, -0.25) is 14.9 Å². The Morgan fingerprint density at radius 1 is 1.43 bits per heavy atom. The smallest absolute Gasteiger partial charge is 0.450 e. The molecular formula is C13H14N2O6. The Hall–Kier alpha value is -2.64. The fourth-order valence-electron chi connectivity index (χ4n) is 2.33. The number of likely N-dealkylation sites (tertiary alicyclic amines) is 1. The molecule has 1 aliphatic rings. The Morgan fingerprint density at radius 2 is 2.10 bits per heavy atom. The van der Waals surface area contributed by atoms with Crippen LogP contribution in [0.2, 0.25) is 0 Å². The summed E-state index contributed by atoms with van der Waals surface area (Å²) in [6.45, 7) is 0.322. The number of benzene rings is 1. The van der Waals surface area contributed by atoms with E-state index in [9.17, 15) is 19.7 Å². The molecule has 8 nitrogen and oxygen atoms in total. The third-order valence-corrected chi connectivity index (χ3v) is 3.34. The Labute approximate surface area is 120 Å². The summed E-state index contributed by atoms with van der Waals surface area (Å²) in [4.78, 5) is 34.1. The van der Waals surface area contributed by atoms with Crippen LogP contribution in [-0.2, 0) is 9.53 Å². The Morgan fingerprint density at radius 3 is 2.57 bits per heavy atom. The second kappa shape index (κ2) is 6.21. The largest absolute Gasteiger partial charge is 0.505 e. The minimum atomic E-state index is -1.42. The molecule has 112 valence electrons. The number of nitrogens with zero attached hydrogens (tertiary/aromatic N) is 2. The van der Waals surface area contributed by atoms with E-state index in [1.165, 1.54) is 24.3 Å². The van der Waals surface area contributed by atoms with Gasteiger partial charge in [-0.05, 0) is 12.0 Å². The van der Waals surface area contributed by atoms with Crippen molar-refractivity contribution in [1.82, 2.24) is 4.90 Å². The fraction of sp³-hybridized carbons (Fsp3) is 0.385. The third-order valence-electron chi connectivity index (χ3n) is 3.34. The van der Waals surface area contributed by atoms with Crippen molar-refractivity contribution < 1.29 is 24.4 Å². The van der Waals surface area contributed by atoms with Gasteiger partial charge < -0.3 is 14.7 Å². The molecule has 1 amide bonds. The molecule has 0 saturated carbocycles. The molecular weight excluding hydrogens is 280 g/mol. The molecule has 8 heteroatoms. The topological polar surface area (TPSA) is 110 Å². The first-order valence-corrected chi connectivity index (χ1v) is 6.38. The Balaban J connectivity index is 2.23. The Bertz CT molecular complexity index is 556. The minimum Gasteiger partial charge on any atom is -0.450 e. The van der Waals surface area contributed by atoms with E-state index in [0.29, 0.717) is 24.9 Å². The van der Waals surface area contributed by atoms with Crippen molar-refractivity contribution in [1.29, 1.82) is 0 Å². The summed E-state index contributed by atoms with van der Waals surface area (Å²) in [5.74, 6) is -0.0765. The van der Waals surface area contributed by atoms with Crippen LogP contribution in [0.25, 0.3) is 0 Å². The van der Waals surface area contributed by atoms with Crippen molar-refractivity contribution in [2.24, 2.45) is 0 Å².